The van der Waals surface area contributed by atoms with Crippen molar-refractivity contribution in [1.82, 2.24) is 5.43 Å². The number of ether oxygens (including phenoxy) is 2. The fourth-order valence-corrected chi connectivity index (χ4v) is 4.34. The molecule has 0 saturated heterocycles. The summed E-state index contributed by atoms with van der Waals surface area (Å²) >= 11 is 2.04. The largest absolute Gasteiger partial charge is 0.490 e. The van der Waals surface area contributed by atoms with Gasteiger partial charge in [0, 0.05) is 17.4 Å². The first-order chi connectivity index (χ1) is 10.4. The first-order valence-corrected chi connectivity index (χ1v) is 8.89. The second-order valence-electron chi connectivity index (χ2n) is 5.72. The zero-order chi connectivity index (χ0) is 14.5. The van der Waals surface area contributed by atoms with Crippen LogP contribution < -0.4 is 20.7 Å². The zero-order valence-electron chi connectivity index (χ0n) is 12.3. The van der Waals surface area contributed by atoms with Crippen molar-refractivity contribution in [2.45, 2.75) is 43.4 Å². The maximum atomic E-state index is 5.76. The van der Waals surface area contributed by atoms with Crippen LogP contribution in [0, 0.1) is 0 Å². The van der Waals surface area contributed by atoms with E-state index in [1.54, 1.807) is 0 Å². The topological polar surface area (TPSA) is 56.5 Å². The molecule has 0 amide bonds. The highest BCUT2D eigenvalue weighted by Crippen LogP contribution is 2.35. The molecule has 0 radical (unpaired) electrons. The average Bonchev–Trinajstić information content (AvgIpc) is 2.92. The second kappa shape index (κ2) is 7.38. The lowest BCUT2D eigenvalue weighted by atomic mass is 10.1. The number of thioether (sulfide) groups is 1. The summed E-state index contributed by atoms with van der Waals surface area (Å²) in [6.07, 6.45) is 6.39. The standard InChI is InChI=1S/C16H24N2O2S/c17-18-14(11-21-13-4-1-2-5-13)12-6-7-15-16(10-12)20-9-3-8-19-15/h6-7,10,13-14,18H,1-5,8-9,11,17H2. The van der Waals surface area contributed by atoms with Crippen LogP contribution in [0.15, 0.2) is 18.2 Å². The van der Waals surface area contributed by atoms with Gasteiger partial charge in [0.15, 0.2) is 11.5 Å². The number of nitrogens with one attached hydrogen (secondary N) is 1. The van der Waals surface area contributed by atoms with Crippen molar-refractivity contribution in [2.75, 3.05) is 19.0 Å². The van der Waals surface area contributed by atoms with Gasteiger partial charge in [-0.2, -0.15) is 11.8 Å². The van der Waals surface area contributed by atoms with Crippen LogP contribution >= 0.6 is 11.8 Å². The summed E-state index contributed by atoms with van der Waals surface area (Å²) in [6, 6.07) is 6.32. The summed E-state index contributed by atoms with van der Waals surface area (Å²) < 4.78 is 11.4. The first kappa shape index (κ1) is 15.0. The molecule has 0 aromatic heterocycles. The summed E-state index contributed by atoms with van der Waals surface area (Å²) in [4.78, 5) is 0. The highest BCUT2D eigenvalue weighted by atomic mass is 32.2. The lowest BCUT2D eigenvalue weighted by Crippen LogP contribution is -2.30. The van der Waals surface area contributed by atoms with E-state index >= 15 is 0 Å². The van der Waals surface area contributed by atoms with Crippen molar-refractivity contribution in [3.63, 3.8) is 0 Å². The van der Waals surface area contributed by atoms with Crippen molar-refractivity contribution < 1.29 is 9.47 Å². The van der Waals surface area contributed by atoms with Gasteiger partial charge in [-0.05, 0) is 30.5 Å². The monoisotopic (exact) mass is 308 g/mol. The minimum atomic E-state index is 0.160. The number of rotatable bonds is 5. The Morgan fingerprint density at radius 3 is 2.67 bits per heavy atom. The van der Waals surface area contributed by atoms with Gasteiger partial charge in [0.2, 0.25) is 0 Å². The van der Waals surface area contributed by atoms with Crippen LogP contribution in [-0.2, 0) is 0 Å². The summed E-state index contributed by atoms with van der Waals surface area (Å²) in [7, 11) is 0. The van der Waals surface area contributed by atoms with Crippen LogP contribution in [-0.4, -0.2) is 24.2 Å². The molecule has 1 fully saturated rings. The summed E-state index contributed by atoms with van der Waals surface area (Å²) in [5.74, 6) is 8.45. The quantitative estimate of drug-likeness (QED) is 0.647. The number of nitrogens with two attached hydrogens (primary N) is 1. The van der Waals surface area contributed by atoms with E-state index in [9.17, 15) is 0 Å². The summed E-state index contributed by atoms with van der Waals surface area (Å²) in [5, 5.41) is 0.807. The van der Waals surface area contributed by atoms with Gasteiger partial charge in [0.05, 0.1) is 19.3 Å². The summed E-state index contributed by atoms with van der Waals surface area (Å²) in [6.45, 7) is 1.44. The molecule has 1 aromatic rings. The molecule has 0 spiro atoms. The maximum absolute atomic E-state index is 5.76. The fraction of sp³-hybridized carbons (Fsp3) is 0.625. The van der Waals surface area contributed by atoms with E-state index in [-0.39, 0.29) is 6.04 Å². The molecular weight excluding hydrogens is 284 g/mol. The minimum Gasteiger partial charge on any atom is -0.490 e. The fourth-order valence-electron chi connectivity index (χ4n) is 2.92. The van der Waals surface area contributed by atoms with Crippen molar-refractivity contribution in [3.05, 3.63) is 23.8 Å². The number of hydrogen-bond donors (Lipinski definition) is 2. The molecule has 2 aliphatic rings. The molecule has 3 N–H and O–H groups in total. The molecule has 1 atom stereocenters. The van der Waals surface area contributed by atoms with Crippen LogP contribution in [0.3, 0.4) is 0 Å². The maximum Gasteiger partial charge on any atom is 0.161 e. The zero-order valence-corrected chi connectivity index (χ0v) is 13.2. The predicted octanol–water partition coefficient (Wildman–Crippen LogP) is 3.03. The molecule has 5 heteroatoms. The summed E-state index contributed by atoms with van der Waals surface area (Å²) in [5.41, 5.74) is 4.12. The van der Waals surface area contributed by atoms with Crippen LogP contribution in [0.25, 0.3) is 0 Å². The molecule has 1 aromatic carbocycles. The van der Waals surface area contributed by atoms with Gasteiger partial charge in [0.25, 0.3) is 0 Å². The van der Waals surface area contributed by atoms with Gasteiger partial charge >= 0.3 is 0 Å². The molecule has 116 valence electrons. The Balaban J connectivity index is 1.66. The van der Waals surface area contributed by atoms with Gasteiger partial charge in [-0.3, -0.25) is 11.3 Å². The molecule has 1 aliphatic heterocycles. The van der Waals surface area contributed by atoms with Gasteiger partial charge in [0.1, 0.15) is 0 Å². The third kappa shape index (κ3) is 3.84. The smallest absolute Gasteiger partial charge is 0.161 e. The van der Waals surface area contributed by atoms with E-state index in [2.05, 4.69) is 17.6 Å². The first-order valence-electron chi connectivity index (χ1n) is 7.84. The Labute approximate surface area is 130 Å². The van der Waals surface area contributed by atoms with Gasteiger partial charge in [-0.1, -0.05) is 18.9 Å². The van der Waals surface area contributed by atoms with E-state index in [0.717, 1.165) is 35.5 Å². The third-order valence-electron chi connectivity index (χ3n) is 4.18. The molecule has 1 unspecified atom stereocenters. The van der Waals surface area contributed by atoms with Crippen LogP contribution in [0.2, 0.25) is 0 Å². The SMILES string of the molecule is NNC(CSC1CCCC1)c1ccc2c(c1)OCCCO2. The predicted molar refractivity (Wildman–Crippen MR) is 86.8 cm³/mol. The Kier molecular flexibility index (Phi) is 5.27. The van der Waals surface area contributed by atoms with E-state index in [0.29, 0.717) is 6.61 Å². The molecule has 4 nitrogen and oxygen atoms in total. The Hall–Kier alpha value is -0.910. The molecule has 21 heavy (non-hydrogen) atoms. The lowest BCUT2D eigenvalue weighted by Gasteiger charge is -2.19. The molecule has 1 heterocycles. The molecule has 0 bridgehead atoms. The lowest BCUT2D eigenvalue weighted by molar-refractivity contribution is 0.297. The molecule has 3 rings (SSSR count). The molecule has 1 saturated carbocycles. The molecule has 1 aliphatic carbocycles. The van der Waals surface area contributed by atoms with Crippen molar-refractivity contribution in [1.29, 1.82) is 0 Å². The van der Waals surface area contributed by atoms with E-state index in [1.807, 2.05) is 17.8 Å². The number of fused-ring (bicyclic) bond motifs is 1. The van der Waals surface area contributed by atoms with Crippen molar-refractivity contribution in [2.24, 2.45) is 5.84 Å². The van der Waals surface area contributed by atoms with Gasteiger partial charge in [-0.15, -0.1) is 0 Å². The average molecular weight is 308 g/mol. The van der Waals surface area contributed by atoms with Crippen molar-refractivity contribution >= 4 is 11.8 Å². The Morgan fingerprint density at radius 1 is 1.14 bits per heavy atom. The van der Waals surface area contributed by atoms with Crippen molar-refractivity contribution in [3.8, 4) is 11.5 Å². The highest BCUT2D eigenvalue weighted by molar-refractivity contribution is 7.99. The highest BCUT2D eigenvalue weighted by Gasteiger charge is 2.20. The van der Waals surface area contributed by atoms with Gasteiger partial charge < -0.3 is 9.47 Å². The number of hydrogen-bond acceptors (Lipinski definition) is 5. The van der Waals surface area contributed by atoms with Gasteiger partial charge in [-0.25, -0.2) is 0 Å². The van der Waals surface area contributed by atoms with E-state index in [4.69, 9.17) is 15.3 Å². The van der Waals surface area contributed by atoms with Crippen LogP contribution in [0.1, 0.15) is 43.7 Å². The normalized spacial score (nSPS) is 20.2. The van der Waals surface area contributed by atoms with Crippen LogP contribution in [0.5, 0.6) is 11.5 Å². The Morgan fingerprint density at radius 2 is 1.90 bits per heavy atom. The van der Waals surface area contributed by atoms with E-state index < -0.39 is 0 Å². The third-order valence-corrected chi connectivity index (χ3v) is 5.64. The van der Waals surface area contributed by atoms with Crippen LogP contribution in [0.4, 0.5) is 0 Å². The molecular formula is C16H24N2O2S. The Bertz CT molecular complexity index is 464. The number of benzene rings is 1. The minimum absolute atomic E-state index is 0.160. The van der Waals surface area contributed by atoms with E-state index in [1.165, 1.54) is 31.2 Å². The second-order valence-corrected chi connectivity index (χ2v) is 7.05. The number of hydrazine groups is 1.